The van der Waals surface area contributed by atoms with Crippen molar-refractivity contribution in [2.24, 2.45) is 5.92 Å². The maximum atomic E-state index is 11.7. The summed E-state index contributed by atoms with van der Waals surface area (Å²) in [6, 6.07) is -0.635. The zero-order chi connectivity index (χ0) is 13.3. The Morgan fingerprint density at radius 3 is 2.29 bits per heavy atom. The summed E-state index contributed by atoms with van der Waals surface area (Å²) in [7, 11) is 0. The fourth-order valence-electron chi connectivity index (χ4n) is 1.26. The number of rotatable bonds is 7. The van der Waals surface area contributed by atoms with Gasteiger partial charge in [-0.25, -0.2) is 9.59 Å². The molecule has 0 aliphatic heterocycles. The summed E-state index contributed by atoms with van der Waals surface area (Å²) in [5.41, 5.74) is 0. The molecule has 1 amide bonds. The number of hydrogen-bond acceptors (Lipinski definition) is 4. The van der Waals surface area contributed by atoms with E-state index in [4.69, 9.17) is 9.47 Å². The Labute approximate surface area is 103 Å². The molecule has 0 radical (unpaired) electrons. The Bertz CT molecular complexity index is 243. The van der Waals surface area contributed by atoms with Crippen molar-refractivity contribution in [3.63, 3.8) is 0 Å². The fourth-order valence-corrected chi connectivity index (χ4v) is 1.26. The number of alkyl carbamates (subject to hydrolysis) is 1. The molecule has 0 aliphatic carbocycles. The summed E-state index contributed by atoms with van der Waals surface area (Å²) < 4.78 is 9.81. The predicted octanol–water partition coefficient (Wildman–Crippen LogP) is 2.10. The quantitative estimate of drug-likeness (QED) is 0.698. The molecule has 0 bridgehead atoms. The second-order valence-electron chi connectivity index (χ2n) is 3.90. The molecule has 2 atom stereocenters. The highest BCUT2D eigenvalue weighted by molar-refractivity contribution is 5.81. The van der Waals surface area contributed by atoms with Crippen LogP contribution in [0, 0.1) is 5.92 Å². The molecule has 0 saturated carbocycles. The minimum atomic E-state index is -0.635. The maximum Gasteiger partial charge on any atom is 0.407 e. The summed E-state index contributed by atoms with van der Waals surface area (Å²) >= 11 is 0. The lowest BCUT2D eigenvalue weighted by Crippen LogP contribution is -2.46. The molecule has 5 heteroatoms. The van der Waals surface area contributed by atoms with E-state index in [0.29, 0.717) is 13.2 Å². The minimum absolute atomic E-state index is 0.0169. The first kappa shape index (κ1) is 15.7. The Morgan fingerprint density at radius 1 is 1.18 bits per heavy atom. The standard InChI is InChI=1S/C12H23NO4/c1-5-8-17-12(15)13-10(9(4)6-2)11(14)16-7-3/h9-10H,5-8H2,1-4H3,(H,13,15)/t9?,10-/m0/s1. The fraction of sp³-hybridized carbons (Fsp3) is 0.833. The van der Waals surface area contributed by atoms with E-state index in [1.807, 2.05) is 20.8 Å². The second-order valence-corrected chi connectivity index (χ2v) is 3.90. The van der Waals surface area contributed by atoms with Gasteiger partial charge in [-0.15, -0.1) is 0 Å². The molecule has 1 unspecified atom stereocenters. The van der Waals surface area contributed by atoms with Crippen molar-refractivity contribution < 1.29 is 19.1 Å². The van der Waals surface area contributed by atoms with Gasteiger partial charge in [-0.05, 0) is 19.3 Å². The molecule has 0 spiro atoms. The van der Waals surface area contributed by atoms with E-state index in [1.165, 1.54) is 0 Å². The van der Waals surface area contributed by atoms with Crippen LogP contribution in [0.2, 0.25) is 0 Å². The van der Waals surface area contributed by atoms with Crippen LogP contribution in [0.3, 0.4) is 0 Å². The highest BCUT2D eigenvalue weighted by Gasteiger charge is 2.27. The average molecular weight is 245 g/mol. The smallest absolute Gasteiger partial charge is 0.407 e. The molecule has 0 fully saturated rings. The molecule has 0 aromatic rings. The highest BCUT2D eigenvalue weighted by Crippen LogP contribution is 2.09. The number of amides is 1. The molecule has 5 nitrogen and oxygen atoms in total. The van der Waals surface area contributed by atoms with Crippen LogP contribution < -0.4 is 5.32 Å². The van der Waals surface area contributed by atoms with Crippen molar-refractivity contribution in [1.82, 2.24) is 5.32 Å². The number of esters is 1. The van der Waals surface area contributed by atoms with Gasteiger partial charge in [0.1, 0.15) is 6.04 Å². The topological polar surface area (TPSA) is 64.6 Å². The minimum Gasteiger partial charge on any atom is -0.464 e. The second kappa shape index (κ2) is 8.84. The van der Waals surface area contributed by atoms with Crippen molar-refractivity contribution >= 4 is 12.1 Å². The Morgan fingerprint density at radius 2 is 1.82 bits per heavy atom. The van der Waals surface area contributed by atoms with Gasteiger partial charge in [-0.3, -0.25) is 0 Å². The van der Waals surface area contributed by atoms with Crippen molar-refractivity contribution in [2.75, 3.05) is 13.2 Å². The molecule has 100 valence electrons. The monoisotopic (exact) mass is 245 g/mol. The Kier molecular flexibility index (Phi) is 8.19. The van der Waals surface area contributed by atoms with Crippen LogP contribution in [-0.4, -0.2) is 31.3 Å². The summed E-state index contributed by atoms with van der Waals surface area (Å²) in [5, 5.41) is 2.55. The normalized spacial score (nSPS) is 13.6. The van der Waals surface area contributed by atoms with E-state index in [1.54, 1.807) is 6.92 Å². The van der Waals surface area contributed by atoms with E-state index in [0.717, 1.165) is 12.8 Å². The summed E-state index contributed by atoms with van der Waals surface area (Å²) in [5.74, 6) is -0.390. The number of ether oxygens (including phenoxy) is 2. The van der Waals surface area contributed by atoms with E-state index in [2.05, 4.69) is 5.32 Å². The molecule has 0 rings (SSSR count). The SMILES string of the molecule is CCCOC(=O)N[C@H](C(=O)OCC)C(C)CC. The molecular formula is C12H23NO4. The Hall–Kier alpha value is -1.26. The lowest BCUT2D eigenvalue weighted by Gasteiger charge is -2.21. The van der Waals surface area contributed by atoms with Gasteiger partial charge < -0.3 is 14.8 Å². The molecule has 0 aromatic carbocycles. The van der Waals surface area contributed by atoms with Crippen molar-refractivity contribution in [3.05, 3.63) is 0 Å². The first-order valence-corrected chi connectivity index (χ1v) is 6.16. The maximum absolute atomic E-state index is 11.7. The van der Waals surface area contributed by atoms with Crippen LogP contribution >= 0.6 is 0 Å². The number of nitrogens with one attached hydrogen (secondary N) is 1. The molecule has 0 saturated heterocycles. The predicted molar refractivity (Wildman–Crippen MR) is 64.7 cm³/mol. The molecule has 17 heavy (non-hydrogen) atoms. The third-order valence-electron chi connectivity index (χ3n) is 2.46. The molecule has 0 aromatic heterocycles. The largest absolute Gasteiger partial charge is 0.464 e. The van der Waals surface area contributed by atoms with Gasteiger partial charge in [0.2, 0.25) is 0 Å². The van der Waals surface area contributed by atoms with Gasteiger partial charge in [0.05, 0.1) is 13.2 Å². The van der Waals surface area contributed by atoms with Gasteiger partial charge in [-0.1, -0.05) is 27.2 Å². The van der Waals surface area contributed by atoms with Crippen molar-refractivity contribution in [2.45, 2.75) is 46.6 Å². The lowest BCUT2D eigenvalue weighted by atomic mass is 9.99. The van der Waals surface area contributed by atoms with Gasteiger partial charge >= 0.3 is 12.1 Å². The molecule has 1 N–H and O–H groups in total. The summed E-state index contributed by atoms with van der Waals surface area (Å²) in [6.45, 7) is 8.14. The van der Waals surface area contributed by atoms with Gasteiger partial charge in [0.25, 0.3) is 0 Å². The van der Waals surface area contributed by atoms with Crippen LogP contribution in [-0.2, 0) is 14.3 Å². The van der Waals surface area contributed by atoms with Crippen molar-refractivity contribution in [3.8, 4) is 0 Å². The van der Waals surface area contributed by atoms with Crippen LogP contribution in [0.15, 0.2) is 0 Å². The summed E-state index contributed by atoms with van der Waals surface area (Å²) in [4.78, 5) is 23.1. The number of hydrogen-bond donors (Lipinski definition) is 1. The first-order chi connectivity index (χ1) is 8.06. The molecule has 0 heterocycles. The van der Waals surface area contributed by atoms with Crippen molar-refractivity contribution in [1.29, 1.82) is 0 Å². The van der Waals surface area contributed by atoms with E-state index in [-0.39, 0.29) is 5.92 Å². The van der Waals surface area contributed by atoms with E-state index in [9.17, 15) is 9.59 Å². The Balaban J connectivity index is 4.38. The number of carbonyl (C=O) groups is 2. The zero-order valence-electron chi connectivity index (χ0n) is 11.1. The van der Waals surface area contributed by atoms with Gasteiger partial charge in [0, 0.05) is 0 Å². The van der Waals surface area contributed by atoms with Crippen LogP contribution in [0.25, 0.3) is 0 Å². The highest BCUT2D eigenvalue weighted by atomic mass is 16.6. The average Bonchev–Trinajstić information content (AvgIpc) is 2.32. The number of carbonyl (C=O) groups excluding carboxylic acids is 2. The third-order valence-corrected chi connectivity index (χ3v) is 2.46. The molecular weight excluding hydrogens is 222 g/mol. The van der Waals surface area contributed by atoms with Crippen LogP contribution in [0.4, 0.5) is 4.79 Å². The van der Waals surface area contributed by atoms with Gasteiger partial charge in [0.15, 0.2) is 0 Å². The van der Waals surface area contributed by atoms with E-state index >= 15 is 0 Å². The third kappa shape index (κ3) is 6.14. The van der Waals surface area contributed by atoms with Crippen LogP contribution in [0.5, 0.6) is 0 Å². The van der Waals surface area contributed by atoms with Gasteiger partial charge in [-0.2, -0.15) is 0 Å². The first-order valence-electron chi connectivity index (χ1n) is 6.16. The van der Waals surface area contributed by atoms with E-state index < -0.39 is 18.1 Å². The lowest BCUT2D eigenvalue weighted by molar-refractivity contribution is -0.146. The summed E-state index contributed by atoms with van der Waals surface area (Å²) in [6.07, 6.45) is 0.962. The molecule has 0 aliphatic rings. The zero-order valence-corrected chi connectivity index (χ0v) is 11.1. The van der Waals surface area contributed by atoms with Crippen LogP contribution in [0.1, 0.15) is 40.5 Å².